The Morgan fingerprint density at radius 1 is 0.949 bits per heavy atom. The third-order valence-electron chi connectivity index (χ3n) is 8.13. The number of piperidine rings is 1. The first-order chi connectivity index (χ1) is 18.5. The highest BCUT2D eigenvalue weighted by molar-refractivity contribution is 5.77. The van der Waals surface area contributed by atoms with Crippen molar-refractivity contribution in [1.29, 1.82) is 0 Å². The average Bonchev–Trinajstić information content (AvgIpc) is 2.89. The molecule has 2 aliphatic rings. The SMILES string of the molecule is CC(=O)N1CCC(CC(=O)N2CCN(C(c3ccccc3)c3cccc(OC(F)F)c3)CC2C(C)(C)C)CC1. The van der Waals surface area contributed by atoms with E-state index in [9.17, 15) is 18.4 Å². The predicted molar refractivity (Wildman–Crippen MR) is 147 cm³/mol. The highest BCUT2D eigenvalue weighted by Crippen LogP contribution is 2.37. The zero-order chi connectivity index (χ0) is 28.2. The largest absolute Gasteiger partial charge is 0.435 e. The van der Waals surface area contributed by atoms with E-state index in [4.69, 9.17) is 4.74 Å². The number of carbonyl (C=O) groups excluding carboxylic acids is 2. The van der Waals surface area contributed by atoms with E-state index in [0.29, 0.717) is 32.0 Å². The van der Waals surface area contributed by atoms with Crippen LogP contribution in [0.15, 0.2) is 54.6 Å². The number of alkyl halides is 2. The van der Waals surface area contributed by atoms with Crippen molar-refractivity contribution < 1.29 is 23.1 Å². The molecule has 0 radical (unpaired) electrons. The van der Waals surface area contributed by atoms with Crippen LogP contribution in [0, 0.1) is 11.3 Å². The van der Waals surface area contributed by atoms with Gasteiger partial charge in [-0.25, -0.2) is 0 Å². The first-order valence-corrected chi connectivity index (χ1v) is 13.9. The molecule has 2 fully saturated rings. The molecule has 2 unspecified atom stereocenters. The van der Waals surface area contributed by atoms with E-state index in [0.717, 1.165) is 37.1 Å². The number of hydrogen-bond acceptors (Lipinski definition) is 4. The second kappa shape index (κ2) is 12.5. The molecule has 2 atom stereocenters. The fraction of sp³-hybridized carbons (Fsp3) is 0.548. The molecule has 0 bridgehead atoms. The maximum atomic E-state index is 13.6. The fourth-order valence-corrected chi connectivity index (χ4v) is 6.00. The van der Waals surface area contributed by atoms with Gasteiger partial charge in [0.15, 0.2) is 0 Å². The summed E-state index contributed by atoms with van der Waals surface area (Å²) in [7, 11) is 0. The summed E-state index contributed by atoms with van der Waals surface area (Å²) in [6.45, 7) is 8.59. The number of piperazine rings is 1. The fourth-order valence-electron chi connectivity index (χ4n) is 6.00. The zero-order valence-electron chi connectivity index (χ0n) is 23.5. The molecule has 0 saturated carbocycles. The number of carbonyl (C=O) groups is 2. The Balaban J connectivity index is 1.54. The van der Waals surface area contributed by atoms with Crippen molar-refractivity contribution in [3.05, 3.63) is 65.7 Å². The Morgan fingerprint density at radius 3 is 2.23 bits per heavy atom. The molecule has 2 amide bonds. The summed E-state index contributed by atoms with van der Waals surface area (Å²) < 4.78 is 30.7. The normalized spacial score (nSPS) is 20.2. The average molecular weight is 542 g/mol. The third kappa shape index (κ3) is 7.35. The molecule has 212 valence electrons. The van der Waals surface area contributed by atoms with Gasteiger partial charge in [-0.15, -0.1) is 0 Å². The number of halogens is 2. The molecule has 39 heavy (non-hydrogen) atoms. The molecule has 0 aromatic heterocycles. The van der Waals surface area contributed by atoms with Crippen LogP contribution in [-0.4, -0.2) is 71.9 Å². The van der Waals surface area contributed by atoms with Crippen LogP contribution in [0.1, 0.15) is 64.1 Å². The predicted octanol–water partition coefficient (Wildman–Crippen LogP) is 5.58. The van der Waals surface area contributed by atoms with Gasteiger partial charge in [0.1, 0.15) is 5.75 Å². The van der Waals surface area contributed by atoms with Gasteiger partial charge in [0, 0.05) is 52.1 Å². The summed E-state index contributed by atoms with van der Waals surface area (Å²) in [6.07, 6.45) is 2.23. The number of rotatable bonds is 7. The quantitative estimate of drug-likeness (QED) is 0.459. The van der Waals surface area contributed by atoms with Crippen LogP contribution >= 0.6 is 0 Å². The van der Waals surface area contributed by atoms with Crippen molar-refractivity contribution in [1.82, 2.24) is 14.7 Å². The highest BCUT2D eigenvalue weighted by Gasteiger charge is 2.40. The van der Waals surface area contributed by atoms with E-state index in [1.807, 2.05) is 29.2 Å². The van der Waals surface area contributed by atoms with Gasteiger partial charge in [0.05, 0.1) is 6.04 Å². The molecule has 2 aromatic rings. The number of benzene rings is 2. The third-order valence-corrected chi connectivity index (χ3v) is 8.13. The van der Waals surface area contributed by atoms with Gasteiger partial charge in [-0.2, -0.15) is 8.78 Å². The topological polar surface area (TPSA) is 53.1 Å². The summed E-state index contributed by atoms with van der Waals surface area (Å²) in [6, 6.07) is 16.8. The lowest BCUT2D eigenvalue weighted by Gasteiger charge is -2.50. The van der Waals surface area contributed by atoms with Crippen molar-refractivity contribution >= 4 is 11.8 Å². The Morgan fingerprint density at radius 2 is 1.62 bits per heavy atom. The monoisotopic (exact) mass is 541 g/mol. The first kappa shape index (κ1) is 29.0. The van der Waals surface area contributed by atoms with Crippen LogP contribution in [0.4, 0.5) is 8.78 Å². The smallest absolute Gasteiger partial charge is 0.387 e. The van der Waals surface area contributed by atoms with E-state index in [1.54, 1.807) is 25.1 Å². The Bertz CT molecular complexity index is 1110. The zero-order valence-corrected chi connectivity index (χ0v) is 23.5. The number of nitrogens with zero attached hydrogens (tertiary/aromatic N) is 3. The van der Waals surface area contributed by atoms with Crippen LogP contribution in [-0.2, 0) is 9.59 Å². The molecule has 6 nitrogen and oxygen atoms in total. The van der Waals surface area contributed by atoms with Crippen LogP contribution in [0.5, 0.6) is 5.75 Å². The number of likely N-dealkylation sites (tertiary alicyclic amines) is 1. The van der Waals surface area contributed by atoms with E-state index < -0.39 is 6.61 Å². The molecule has 2 heterocycles. The minimum Gasteiger partial charge on any atom is -0.435 e. The number of ether oxygens (including phenoxy) is 1. The van der Waals surface area contributed by atoms with Crippen LogP contribution in [0.2, 0.25) is 0 Å². The van der Waals surface area contributed by atoms with Crippen molar-refractivity contribution in [3.63, 3.8) is 0 Å². The summed E-state index contributed by atoms with van der Waals surface area (Å²) in [5.74, 6) is 0.712. The lowest BCUT2D eigenvalue weighted by molar-refractivity contribution is -0.141. The van der Waals surface area contributed by atoms with Crippen LogP contribution < -0.4 is 4.74 Å². The maximum absolute atomic E-state index is 13.6. The molecule has 0 aliphatic carbocycles. The molecular formula is C31H41F2N3O3. The second-order valence-electron chi connectivity index (χ2n) is 11.9. The second-order valence-corrected chi connectivity index (χ2v) is 11.9. The molecule has 0 spiro atoms. The molecule has 4 rings (SSSR count). The van der Waals surface area contributed by atoms with Gasteiger partial charge in [-0.05, 0) is 47.4 Å². The highest BCUT2D eigenvalue weighted by atomic mass is 19.3. The van der Waals surface area contributed by atoms with Gasteiger partial charge in [-0.1, -0.05) is 63.2 Å². The van der Waals surface area contributed by atoms with Crippen molar-refractivity contribution in [3.8, 4) is 5.75 Å². The Kier molecular flexibility index (Phi) is 9.26. The van der Waals surface area contributed by atoms with Crippen molar-refractivity contribution in [2.45, 2.75) is 65.7 Å². The summed E-state index contributed by atoms with van der Waals surface area (Å²) >= 11 is 0. The first-order valence-electron chi connectivity index (χ1n) is 13.9. The van der Waals surface area contributed by atoms with Crippen LogP contribution in [0.25, 0.3) is 0 Å². The minimum absolute atomic E-state index is 0.0113. The van der Waals surface area contributed by atoms with Gasteiger partial charge in [-0.3, -0.25) is 14.5 Å². The lowest BCUT2D eigenvalue weighted by Crippen LogP contribution is -2.60. The van der Waals surface area contributed by atoms with Crippen LogP contribution in [0.3, 0.4) is 0 Å². The van der Waals surface area contributed by atoms with Gasteiger partial charge < -0.3 is 14.5 Å². The van der Waals surface area contributed by atoms with Crippen molar-refractivity contribution in [2.24, 2.45) is 11.3 Å². The number of hydrogen-bond donors (Lipinski definition) is 0. The summed E-state index contributed by atoms with van der Waals surface area (Å²) in [5, 5.41) is 0. The molecule has 0 N–H and O–H groups in total. The van der Waals surface area contributed by atoms with Crippen molar-refractivity contribution in [2.75, 3.05) is 32.7 Å². The summed E-state index contributed by atoms with van der Waals surface area (Å²) in [5.41, 5.74) is 1.79. The Hall–Kier alpha value is -3.00. The van der Waals surface area contributed by atoms with E-state index >= 15 is 0 Å². The maximum Gasteiger partial charge on any atom is 0.387 e. The van der Waals surface area contributed by atoms with Gasteiger partial charge in [0.25, 0.3) is 0 Å². The van der Waals surface area contributed by atoms with Gasteiger partial charge >= 0.3 is 6.61 Å². The molecule has 8 heteroatoms. The lowest BCUT2D eigenvalue weighted by atomic mass is 9.82. The molecular weight excluding hydrogens is 500 g/mol. The van der Waals surface area contributed by atoms with E-state index in [2.05, 4.69) is 42.7 Å². The minimum atomic E-state index is -2.88. The molecule has 2 aromatic carbocycles. The van der Waals surface area contributed by atoms with E-state index in [1.165, 1.54) is 0 Å². The number of amides is 2. The van der Waals surface area contributed by atoms with Gasteiger partial charge in [0.2, 0.25) is 11.8 Å². The molecule has 2 saturated heterocycles. The molecule has 2 aliphatic heterocycles. The summed E-state index contributed by atoms with van der Waals surface area (Å²) in [4.78, 5) is 31.6. The Labute approximate surface area is 230 Å². The standard InChI is InChI=1S/C31H41F2N3O3/c1-22(37)34-15-13-23(14-16-34)19-28(38)36-18-17-35(21-27(36)31(2,3)4)29(24-9-6-5-7-10-24)25-11-8-12-26(20-25)39-30(32)33/h5-12,20,23,27,29-30H,13-19,21H2,1-4H3. The van der Waals surface area contributed by atoms with E-state index in [-0.39, 0.29) is 35.1 Å².